The van der Waals surface area contributed by atoms with Crippen LogP contribution in [-0.2, 0) is 14.4 Å². The van der Waals surface area contributed by atoms with Gasteiger partial charge in [-0.2, -0.15) is 0 Å². The van der Waals surface area contributed by atoms with Gasteiger partial charge in [0.25, 0.3) is 11.8 Å². The number of anilines is 3. The summed E-state index contributed by atoms with van der Waals surface area (Å²) >= 11 is 0. The second-order valence-corrected chi connectivity index (χ2v) is 16.6. The summed E-state index contributed by atoms with van der Waals surface area (Å²) in [4.78, 5) is 80.0. The molecule has 3 N–H and O–H groups in total. The third kappa shape index (κ3) is 8.96. The van der Waals surface area contributed by atoms with E-state index in [1.54, 1.807) is 36.5 Å². The molecule has 5 amide bonds. The molecule has 2 atom stereocenters. The number of halogens is 1. The SMILES string of the molecule is O=C(CN1CCN(c2cccc(-c3cnc4ccc(N5CCCC5c5cccc(F)c5)nn34)n2)CC1)NCCCCCCNc1ccc2c(c1)C(=O)N(C1CCC(=O)NC1=O)C2=O. The van der Waals surface area contributed by atoms with E-state index in [0.717, 1.165) is 110 Å². The number of imide groups is 2. The first-order valence-corrected chi connectivity index (χ1v) is 21.9. The van der Waals surface area contributed by atoms with Crippen LogP contribution < -0.4 is 25.8 Å². The van der Waals surface area contributed by atoms with Gasteiger partial charge in [-0.15, -0.1) is 5.10 Å². The van der Waals surface area contributed by atoms with Gasteiger partial charge in [0, 0.05) is 57.9 Å². The zero-order valence-electron chi connectivity index (χ0n) is 35.0. The van der Waals surface area contributed by atoms with Crippen LogP contribution in [0.4, 0.5) is 21.7 Å². The van der Waals surface area contributed by atoms with Crippen LogP contribution in [0.3, 0.4) is 0 Å². The number of piperazine rings is 1. The zero-order valence-corrected chi connectivity index (χ0v) is 35.0. The largest absolute Gasteiger partial charge is 0.385 e. The molecule has 4 aliphatic rings. The molecule has 0 bridgehead atoms. The molecule has 0 aliphatic carbocycles. The number of nitrogens with one attached hydrogen (secondary N) is 3. The van der Waals surface area contributed by atoms with E-state index in [1.165, 1.54) is 6.07 Å². The van der Waals surface area contributed by atoms with Gasteiger partial charge >= 0.3 is 0 Å². The lowest BCUT2D eigenvalue weighted by Gasteiger charge is -2.35. The number of imidazole rings is 1. The molecule has 17 heteroatoms. The Balaban J connectivity index is 0.687. The number of nitrogens with zero attached hydrogens (tertiary/aromatic N) is 8. The molecule has 9 rings (SSSR count). The summed E-state index contributed by atoms with van der Waals surface area (Å²) in [5.41, 5.74) is 4.45. The van der Waals surface area contributed by atoms with Gasteiger partial charge in [-0.25, -0.2) is 18.9 Å². The molecular weight excluding hydrogens is 806 g/mol. The molecule has 326 valence electrons. The highest BCUT2D eigenvalue weighted by Crippen LogP contribution is 2.36. The predicted octanol–water partition coefficient (Wildman–Crippen LogP) is 4.58. The summed E-state index contributed by atoms with van der Waals surface area (Å²) in [6.07, 6.45) is 7.58. The highest BCUT2D eigenvalue weighted by atomic mass is 19.1. The van der Waals surface area contributed by atoms with E-state index < -0.39 is 29.7 Å². The van der Waals surface area contributed by atoms with Crippen molar-refractivity contribution >= 4 is 52.5 Å². The first-order chi connectivity index (χ1) is 30.7. The van der Waals surface area contributed by atoms with Gasteiger partial charge in [-0.05, 0) is 92.3 Å². The predicted molar refractivity (Wildman–Crippen MR) is 234 cm³/mol. The van der Waals surface area contributed by atoms with Crippen LogP contribution in [0, 0.1) is 5.82 Å². The standard InChI is InChI=1S/C46H50FN11O5/c47-31-9-5-8-30(26-31)36-11-7-21-56(36)41-17-16-39-50-28-38(58(39)53-41)35-10-6-12-40(51-35)55-24-22-54(23-25-55)29-43(60)49-20-4-2-1-3-19-48-32-13-14-33-34(27-32)46(63)57(45(33)62)37-15-18-42(59)52-44(37)61/h5-6,8-10,12-14,16-17,26-28,36-37,48H,1-4,7,11,15,18-25,29H2,(H,49,60)(H,52,59,61). The Morgan fingerprint density at radius 3 is 2.43 bits per heavy atom. The summed E-state index contributed by atoms with van der Waals surface area (Å²) in [5.74, 6) is -0.624. The van der Waals surface area contributed by atoms with Crippen molar-refractivity contribution in [1.82, 2.24) is 40.0 Å². The van der Waals surface area contributed by atoms with Crippen molar-refractivity contribution in [3.8, 4) is 11.4 Å². The molecule has 3 aromatic heterocycles. The normalized spacial score (nSPS) is 19.2. The maximum atomic E-state index is 14.1. The number of fused-ring (bicyclic) bond motifs is 2. The highest BCUT2D eigenvalue weighted by Gasteiger charge is 2.44. The van der Waals surface area contributed by atoms with Crippen LogP contribution in [0.2, 0.25) is 0 Å². The van der Waals surface area contributed by atoms with E-state index in [0.29, 0.717) is 25.3 Å². The van der Waals surface area contributed by atoms with Crippen LogP contribution in [0.5, 0.6) is 0 Å². The number of hydrogen-bond donors (Lipinski definition) is 3. The van der Waals surface area contributed by atoms with E-state index in [2.05, 4.69) is 35.6 Å². The second-order valence-electron chi connectivity index (χ2n) is 16.6. The van der Waals surface area contributed by atoms with E-state index in [-0.39, 0.29) is 41.7 Å². The quantitative estimate of drug-likeness (QED) is 0.0989. The first-order valence-electron chi connectivity index (χ1n) is 21.9. The Bertz CT molecular complexity index is 2560. The Morgan fingerprint density at radius 2 is 1.60 bits per heavy atom. The molecule has 3 fully saturated rings. The number of piperidine rings is 1. The fourth-order valence-corrected chi connectivity index (χ4v) is 9.07. The molecule has 63 heavy (non-hydrogen) atoms. The lowest BCUT2D eigenvalue weighted by molar-refractivity contribution is -0.136. The zero-order chi connectivity index (χ0) is 43.5. The molecule has 7 heterocycles. The molecule has 2 unspecified atom stereocenters. The van der Waals surface area contributed by atoms with Crippen molar-refractivity contribution < 1.29 is 28.4 Å². The molecule has 0 saturated carbocycles. The Hall–Kier alpha value is -6.75. The number of carbonyl (C=O) groups excluding carboxylic acids is 5. The van der Waals surface area contributed by atoms with Crippen LogP contribution in [0.15, 0.2) is 79.0 Å². The minimum absolute atomic E-state index is 0.0155. The minimum Gasteiger partial charge on any atom is -0.385 e. The molecule has 2 aromatic carbocycles. The minimum atomic E-state index is -0.988. The van der Waals surface area contributed by atoms with E-state index in [9.17, 15) is 28.4 Å². The molecule has 0 radical (unpaired) electrons. The average Bonchev–Trinajstić information content (AvgIpc) is 4.01. The monoisotopic (exact) mass is 855 g/mol. The fourth-order valence-electron chi connectivity index (χ4n) is 9.07. The summed E-state index contributed by atoms with van der Waals surface area (Å²) in [6.45, 7) is 5.42. The smallest absolute Gasteiger partial charge is 0.262 e. The molecule has 16 nitrogen and oxygen atoms in total. The van der Waals surface area contributed by atoms with Crippen LogP contribution in [0.1, 0.15) is 83.7 Å². The van der Waals surface area contributed by atoms with Gasteiger partial charge in [0.05, 0.1) is 35.6 Å². The van der Waals surface area contributed by atoms with Gasteiger partial charge in [0.1, 0.15) is 29.2 Å². The maximum absolute atomic E-state index is 14.1. The molecule has 5 aromatic rings. The summed E-state index contributed by atoms with van der Waals surface area (Å²) in [6, 6.07) is 20.8. The van der Waals surface area contributed by atoms with Gasteiger partial charge in [0.15, 0.2) is 5.65 Å². The number of carbonyl (C=O) groups is 5. The van der Waals surface area contributed by atoms with Crippen molar-refractivity contribution in [3.05, 3.63) is 102 Å². The first kappa shape index (κ1) is 41.6. The van der Waals surface area contributed by atoms with Crippen molar-refractivity contribution in [3.63, 3.8) is 0 Å². The number of aromatic nitrogens is 4. The van der Waals surface area contributed by atoms with E-state index >= 15 is 0 Å². The van der Waals surface area contributed by atoms with Gasteiger partial charge < -0.3 is 20.4 Å². The molecule has 3 saturated heterocycles. The summed E-state index contributed by atoms with van der Waals surface area (Å²) < 4.78 is 15.9. The fraction of sp³-hybridized carbons (Fsp3) is 0.391. The number of benzene rings is 2. The van der Waals surface area contributed by atoms with Crippen LogP contribution >= 0.6 is 0 Å². The second kappa shape index (κ2) is 18.3. The number of rotatable bonds is 15. The van der Waals surface area contributed by atoms with E-state index in [1.807, 2.05) is 40.9 Å². The lowest BCUT2D eigenvalue weighted by Crippen LogP contribution is -2.54. The third-order valence-corrected chi connectivity index (χ3v) is 12.4. The number of amides is 5. The van der Waals surface area contributed by atoms with Gasteiger partial charge in [-0.1, -0.05) is 31.0 Å². The van der Waals surface area contributed by atoms with Crippen molar-refractivity contribution in [2.75, 3.05) is 67.5 Å². The Labute approximate surface area is 363 Å². The topological polar surface area (TPSA) is 177 Å². The van der Waals surface area contributed by atoms with Crippen LogP contribution in [-0.4, -0.2) is 117 Å². The third-order valence-electron chi connectivity index (χ3n) is 12.4. The van der Waals surface area contributed by atoms with Crippen molar-refractivity contribution in [2.45, 2.75) is 63.5 Å². The summed E-state index contributed by atoms with van der Waals surface area (Å²) in [5, 5.41) is 13.6. The van der Waals surface area contributed by atoms with E-state index in [4.69, 9.17) is 10.1 Å². The highest BCUT2D eigenvalue weighted by molar-refractivity contribution is 6.23. The van der Waals surface area contributed by atoms with Gasteiger partial charge in [0.2, 0.25) is 17.7 Å². The van der Waals surface area contributed by atoms with Crippen molar-refractivity contribution in [1.29, 1.82) is 0 Å². The van der Waals surface area contributed by atoms with Crippen LogP contribution in [0.25, 0.3) is 17.0 Å². The lowest BCUT2D eigenvalue weighted by atomic mass is 10.0. The van der Waals surface area contributed by atoms with Crippen molar-refractivity contribution in [2.24, 2.45) is 0 Å². The number of pyridine rings is 1. The number of hydrogen-bond acceptors (Lipinski definition) is 12. The Kier molecular flexibility index (Phi) is 12.1. The maximum Gasteiger partial charge on any atom is 0.262 e. The average molecular weight is 856 g/mol. The molecular formula is C46H50FN11O5. The van der Waals surface area contributed by atoms with Gasteiger partial charge in [-0.3, -0.25) is 39.1 Å². The molecule has 4 aliphatic heterocycles. The Morgan fingerprint density at radius 1 is 0.794 bits per heavy atom. The number of unbranched alkanes of at least 4 members (excludes halogenated alkanes) is 3. The summed E-state index contributed by atoms with van der Waals surface area (Å²) in [7, 11) is 0. The molecule has 0 spiro atoms.